The molecule has 0 saturated carbocycles. The molecular formula is C15H21NO2. The van der Waals surface area contributed by atoms with Crippen LogP contribution in [0.4, 0.5) is 0 Å². The molecule has 98 valence electrons. The average Bonchev–Trinajstić information content (AvgIpc) is 3.05. The standard InChI is InChI=1S/C15H21NO2/c1-2-9-16-13(12-15-6-4-11-18-15)7-8-14-5-3-10-17-14/h3-6,10-11,13,16H,2,7-9,12H2,1H3. The van der Waals surface area contributed by atoms with Gasteiger partial charge in [-0.3, -0.25) is 0 Å². The lowest BCUT2D eigenvalue weighted by atomic mass is 10.1. The third-order valence-electron chi connectivity index (χ3n) is 3.03. The minimum absolute atomic E-state index is 0.446. The molecule has 0 aliphatic rings. The summed E-state index contributed by atoms with van der Waals surface area (Å²) in [4.78, 5) is 0. The molecule has 0 bridgehead atoms. The summed E-state index contributed by atoms with van der Waals surface area (Å²) in [5, 5.41) is 3.57. The van der Waals surface area contributed by atoms with Crippen LogP contribution in [0.3, 0.4) is 0 Å². The van der Waals surface area contributed by atoms with E-state index in [0.29, 0.717) is 6.04 Å². The largest absolute Gasteiger partial charge is 0.469 e. The number of aryl methyl sites for hydroxylation is 1. The fourth-order valence-corrected chi connectivity index (χ4v) is 2.07. The van der Waals surface area contributed by atoms with Crippen molar-refractivity contribution < 1.29 is 8.83 Å². The summed E-state index contributed by atoms with van der Waals surface area (Å²) in [6, 6.07) is 8.40. The van der Waals surface area contributed by atoms with Gasteiger partial charge in [0.25, 0.3) is 0 Å². The van der Waals surface area contributed by atoms with Crippen LogP contribution in [0.15, 0.2) is 45.6 Å². The van der Waals surface area contributed by atoms with Crippen molar-refractivity contribution in [2.24, 2.45) is 0 Å². The Balaban J connectivity index is 1.84. The predicted octanol–water partition coefficient (Wildman–Crippen LogP) is 3.42. The molecule has 0 aromatic carbocycles. The van der Waals surface area contributed by atoms with Gasteiger partial charge in [-0.1, -0.05) is 6.92 Å². The Hall–Kier alpha value is -1.48. The molecule has 18 heavy (non-hydrogen) atoms. The quantitative estimate of drug-likeness (QED) is 0.776. The number of rotatable bonds is 8. The Labute approximate surface area is 108 Å². The monoisotopic (exact) mass is 247 g/mol. The Morgan fingerprint density at radius 1 is 1.11 bits per heavy atom. The van der Waals surface area contributed by atoms with E-state index in [1.54, 1.807) is 12.5 Å². The Kier molecular flexibility index (Phi) is 5.09. The highest BCUT2D eigenvalue weighted by Gasteiger charge is 2.11. The molecule has 0 aliphatic carbocycles. The third kappa shape index (κ3) is 4.08. The lowest BCUT2D eigenvalue weighted by Crippen LogP contribution is -2.32. The summed E-state index contributed by atoms with van der Waals surface area (Å²) in [6.45, 7) is 3.23. The second kappa shape index (κ2) is 7.07. The lowest BCUT2D eigenvalue weighted by molar-refractivity contribution is 0.408. The third-order valence-corrected chi connectivity index (χ3v) is 3.03. The molecule has 1 atom stereocenters. The van der Waals surface area contributed by atoms with Crippen LogP contribution < -0.4 is 5.32 Å². The predicted molar refractivity (Wildman–Crippen MR) is 71.5 cm³/mol. The highest BCUT2D eigenvalue weighted by molar-refractivity contribution is 5.02. The van der Waals surface area contributed by atoms with E-state index in [1.807, 2.05) is 24.3 Å². The first-order chi connectivity index (χ1) is 8.88. The number of hydrogen-bond donors (Lipinski definition) is 1. The van der Waals surface area contributed by atoms with Crippen molar-refractivity contribution in [3.63, 3.8) is 0 Å². The molecule has 1 unspecified atom stereocenters. The van der Waals surface area contributed by atoms with Gasteiger partial charge in [0.15, 0.2) is 0 Å². The van der Waals surface area contributed by atoms with Crippen LogP contribution in [0, 0.1) is 0 Å². The molecule has 0 spiro atoms. The van der Waals surface area contributed by atoms with E-state index < -0.39 is 0 Å². The van der Waals surface area contributed by atoms with Crippen LogP contribution >= 0.6 is 0 Å². The van der Waals surface area contributed by atoms with E-state index in [1.165, 1.54) is 0 Å². The summed E-state index contributed by atoms with van der Waals surface area (Å²) in [5.41, 5.74) is 0. The van der Waals surface area contributed by atoms with Gasteiger partial charge >= 0.3 is 0 Å². The van der Waals surface area contributed by atoms with E-state index >= 15 is 0 Å². The van der Waals surface area contributed by atoms with Gasteiger partial charge in [-0.05, 0) is 43.7 Å². The highest BCUT2D eigenvalue weighted by atomic mass is 16.3. The van der Waals surface area contributed by atoms with Crippen molar-refractivity contribution in [1.82, 2.24) is 5.32 Å². The molecule has 0 radical (unpaired) electrons. The van der Waals surface area contributed by atoms with Crippen molar-refractivity contribution in [2.45, 2.75) is 38.6 Å². The van der Waals surface area contributed by atoms with Gasteiger partial charge in [-0.15, -0.1) is 0 Å². The Morgan fingerprint density at radius 3 is 2.44 bits per heavy atom. The molecule has 2 heterocycles. The van der Waals surface area contributed by atoms with E-state index in [4.69, 9.17) is 8.83 Å². The second-order valence-corrected chi connectivity index (χ2v) is 4.55. The van der Waals surface area contributed by atoms with Gasteiger partial charge in [-0.2, -0.15) is 0 Å². The van der Waals surface area contributed by atoms with Gasteiger partial charge in [0.1, 0.15) is 11.5 Å². The molecule has 2 aromatic rings. The molecule has 2 rings (SSSR count). The van der Waals surface area contributed by atoms with Gasteiger partial charge in [-0.25, -0.2) is 0 Å². The van der Waals surface area contributed by atoms with Crippen molar-refractivity contribution in [3.8, 4) is 0 Å². The first-order valence-corrected chi connectivity index (χ1v) is 6.66. The van der Waals surface area contributed by atoms with Crippen molar-refractivity contribution in [2.75, 3.05) is 6.54 Å². The maximum atomic E-state index is 5.42. The Bertz CT molecular complexity index is 406. The summed E-state index contributed by atoms with van der Waals surface area (Å²) in [6.07, 6.45) is 7.58. The van der Waals surface area contributed by atoms with Crippen LogP contribution in [-0.2, 0) is 12.8 Å². The molecule has 3 nitrogen and oxygen atoms in total. The zero-order chi connectivity index (χ0) is 12.6. The highest BCUT2D eigenvalue weighted by Crippen LogP contribution is 2.11. The average molecular weight is 247 g/mol. The van der Waals surface area contributed by atoms with Crippen LogP contribution in [0.1, 0.15) is 31.3 Å². The van der Waals surface area contributed by atoms with Crippen molar-refractivity contribution in [1.29, 1.82) is 0 Å². The molecule has 0 amide bonds. The summed E-state index contributed by atoms with van der Waals surface area (Å²) < 4.78 is 10.8. The topological polar surface area (TPSA) is 38.3 Å². The number of hydrogen-bond acceptors (Lipinski definition) is 3. The van der Waals surface area contributed by atoms with Gasteiger partial charge < -0.3 is 14.2 Å². The zero-order valence-electron chi connectivity index (χ0n) is 10.9. The molecule has 0 fully saturated rings. The summed E-state index contributed by atoms with van der Waals surface area (Å²) >= 11 is 0. The first kappa shape index (κ1) is 13.0. The SMILES string of the molecule is CCCNC(CCc1ccco1)Cc1ccco1. The number of furan rings is 2. The molecule has 0 saturated heterocycles. The molecule has 3 heteroatoms. The van der Waals surface area contributed by atoms with Crippen LogP contribution in [0.25, 0.3) is 0 Å². The van der Waals surface area contributed by atoms with Crippen LogP contribution in [-0.4, -0.2) is 12.6 Å². The molecule has 2 aromatic heterocycles. The van der Waals surface area contributed by atoms with Gasteiger partial charge in [0.05, 0.1) is 12.5 Å². The number of nitrogens with one attached hydrogen (secondary N) is 1. The van der Waals surface area contributed by atoms with E-state index in [0.717, 1.165) is 43.7 Å². The lowest BCUT2D eigenvalue weighted by Gasteiger charge is -2.16. The molecule has 0 aliphatic heterocycles. The van der Waals surface area contributed by atoms with Crippen LogP contribution in [0.2, 0.25) is 0 Å². The fraction of sp³-hybridized carbons (Fsp3) is 0.467. The van der Waals surface area contributed by atoms with Crippen LogP contribution in [0.5, 0.6) is 0 Å². The molecular weight excluding hydrogens is 226 g/mol. The minimum atomic E-state index is 0.446. The smallest absolute Gasteiger partial charge is 0.105 e. The van der Waals surface area contributed by atoms with E-state index in [9.17, 15) is 0 Å². The Morgan fingerprint density at radius 2 is 1.83 bits per heavy atom. The van der Waals surface area contributed by atoms with Crippen molar-refractivity contribution in [3.05, 3.63) is 48.3 Å². The van der Waals surface area contributed by atoms with Gasteiger partial charge in [0, 0.05) is 18.9 Å². The van der Waals surface area contributed by atoms with Crippen molar-refractivity contribution >= 4 is 0 Å². The first-order valence-electron chi connectivity index (χ1n) is 6.66. The fourth-order valence-electron chi connectivity index (χ4n) is 2.07. The zero-order valence-corrected chi connectivity index (χ0v) is 10.9. The van der Waals surface area contributed by atoms with E-state index in [2.05, 4.69) is 12.2 Å². The minimum Gasteiger partial charge on any atom is -0.469 e. The summed E-state index contributed by atoms with van der Waals surface area (Å²) in [7, 11) is 0. The molecule has 1 N–H and O–H groups in total. The normalized spacial score (nSPS) is 12.7. The maximum Gasteiger partial charge on any atom is 0.105 e. The van der Waals surface area contributed by atoms with E-state index in [-0.39, 0.29) is 0 Å². The summed E-state index contributed by atoms with van der Waals surface area (Å²) in [5.74, 6) is 2.10. The maximum absolute atomic E-state index is 5.42. The second-order valence-electron chi connectivity index (χ2n) is 4.55. The van der Waals surface area contributed by atoms with Gasteiger partial charge in [0.2, 0.25) is 0 Å².